The predicted octanol–water partition coefficient (Wildman–Crippen LogP) is 1.63. The van der Waals surface area contributed by atoms with Gasteiger partial charge in [0.15, 0.2) is 0 Å². The van der Waals surface area contributed by atoms with Gasteiger partial charge in [-0.2, -0.15) is 0 Å². The number of rotatable bonds is 3. The molecule has 0 saturated heterocycles. The molecule has 0 unspecified atom stereocenters. The molecule has 0 aliphatic carbocycles. The molecule has 1 heterocycles. The first kappa shape index (κ1) is 16.9. The minimum Gasteiger partial charge on any atom is -1.00 e. The summed E-state index contributed by atoms with van der Waals surface area (Å²) in [7, 11) is 0. The van der Waals surface area contributed by atoms with Gasteiger partial charge in [0.05, 0.1) is 5.69 Å². The highest BCUT2D eigenvalue weighted by molar-refractivity contribution is 5.99. The smallest absolute Gasteiger partial charge is 0.269 e. The molecule has 4 rings (SSSR count). The van der Waals surface area contributed by atoms with Gasteiger partial charge in [-0.25, -0.2) is 5.01 Å². The summed E-state index contributed by atoms with van der Waals surface area (Å²) in [6.07, 6.45) is 0. The molecule has 0 saturated carbocycles. The molecule has 0 aromatic heterocycles. The van der Waals surface area contributed by atoms with Crippen molar-refractivity contribution in [2.75, 3.05) is 11.7 Å². The Kier molecular flexibility index (Phi) is 5.21. The van der Waals surface area contributed by atoms with Crippen LogP contribution in [0, 0.1) is 0 Å². The van der Waals surface area contributed by atoms with E-state index in [9.17, 15) is 0 Å². The molecule has 0 bridgehead atoms. The fourth-order valence-electron chi connectivity index (χ4n) is 2.62. The van der Waals surface area contributed by atoms with Crippen molar-refractivity contribution >= 4 is 17.2 Å². The van der Waals surface area contributed by atoms with Crippen molar-refractivity contribution in [3.63, 3.8) is 0 Å². The first-order valence-electron chi connectivity index (χ1n) is 7.91. The molecule has 3 aromatic rings. The third-order valence-electron chi connectivity index (χ3n) is 3.84. The lowest BCUT2D eigenvalue weighted by Gasteiger charge is -2.20. The minimum atomic E-state index is 0. The zero-order valence-corrected chi connectivity index (χ0v) is 14.3. The van der Waals surface area contributed by atoms with Crippen LogP contribution < -0.4 is 17.4 Å². The summed E-state index contributed by atoms with van der Waals surface area (Å²) in [5.74, 6) is 0.703. The second kappa shape index (κ2) is 7.73. The van der Waals surface area contributed by atoms with E-state index in [0.29, 0.717) is 12.5 Å². The van der Waals surface area contributed by atoms with Gasteiger partial charge >= 0.3 is 0 Å². The van der Waals surface area contributed by atoms with Gasteiger partial charge in [-0.05, 0) is 12.1 Å². The molecule has 3 aromatic carbocycles. The van der Waals surface area contributed by atoms with Gasteiger partial charge in [-0.3, -0.25) is 0 Å². The van der Waals surface area contributed by atoms with Crippen molar-refractivity contribution in [2.24, 2.45) is 10.2 Å². The van der Waals surface area contributed by atoms with Gasteiger partial charge in [0.2, 0.25) is 11.5 Å². The summed E-state index contributed by atoms with van der Waals surface area (Å²) >= 11 is 0. The zero-order valence-electron chi connectivity index (χ0n) is 13.5. The maximum atomic E-state index is 4.74. The average molecular weight is 349 g/mol. The normalized spacial score (nSPS) is 13.5. The lowest BCUT2D eigenvalue weighted by Crippen LogP contribution is -3.00. The minimum absolute atomic E-state index is 0. The van der Waals surface area contributed by atoms with E-state index in [1.807, 2.05) is 76.4 Å². The SMILES string of the molecule is [Cl-].c1ccc(C2=NN(c3ccccc3)C[N+](c3ccccc3)=N2)cc1. The predicted molar refractivity (Wildman–Crippen MR) is 95.6 cm³/mol. The fourth-order valence-corrected chi connectivity index (χ4v) is 2.62. The Hall–Kier alpha value is -2.98. The zero-order chi connectivity index (χ0) is 16.2. The number of halogens is 1. The molecule has 0 fully saturated rings. The van der Waals surface area contributed by atoms with Crippen LogP contribution >= 0.6 is 0 Å². The van der Waals surface area contributed by atoms with Gasteiger partial charge in [0.25, 0.3) is 6.67 Å². The number of hydrogen-bond acceptors (Lipinski definition) is 3. The highest BCUT2D eigenvalue weighted by Gasteiger charge is 2.25. The topological polar surface area (TPSA) is 31.0 Å². The van der Waals surface area contributed by atoms with Gasteiger partial charge in [0.1, 0.15) is 0 Å². The third-order valence-corrected chi connectivity index (χ3v) is 3.84. The van der Waals surface area contributed by atoms with E-state index >= 15 is 0 Å². The maximum absolute atomic E-state index is 4.74. The van der Waals surface area contributed by atoms with Crippen LogP contribution in [-0.2, 0) is 0 Å². The molecular formula is C20H17ClN4. The van der Waals surface area contributed by atoms with Crippen molar-refractivity contribution < 1.29 is 17.1 Å². The lowest BCUT2D eigenvalue weighted by atomic mass is 10.2. The van der Waals surface area contributed by atoms with E-state index in [1.54, 1.807) is 0 Å². The Morgan fingerprint density at radius 3 is 1.92 bits per heavy atom. The highest BCUT2D eigenvalue weighted by atomic mass is 35.5. The monoisotopic (exact) mass is 348 g/mol. The summed E-state index contributed by atoms with van der Waals surface area (Å²) in [4.78, 5) is 0. The molecule has 0 spiro atoms. The number of nitrogens with zero attached hydrogens (tertiary/aromatic N) is 4. The summed E-state index contributed by atoms with van der Waals surface area (Å²) in [5, 5.41) is 11.5. The number of amidine groups is 1. The van der Waals surface area contributed by atoms with Crippen molar-refractivity contribution in [1.29, 1.82) is 0 Å². The van der Waals surface area contributed by atoms with Crippen LogP contribution in [0.5, 0.6) is 0 Å². The summed E-state index contributed by atoms with van der Waals surface area (Å²) in [5.41, 5.74) is 3.09. The summed E-state index contributed by atoms with van der Waals surface area (Å²) in [6.45, 7) is 0.574. The van der Waals surface area contributed by atoms with Crippen LogP contribution in [0.3, 0.4) is 0 Å². The number of para-hydroxylation sites is 2. The van der Waals surface area contributed by atoms with E-state index in [-0.39, 0.29) is 12.4 Å². The number of hydrazone groups is 1. The van der Waals surface area contributed by atoms with Crippen LogP contribution in [0.1, 0.15) is 5.56 Å². The Morgan fingerprint density at radius 1 is 0.720 bits per heavy atom. The first-order chi connectivity index (χ1) is 11.9. The molecule has 0 amide bonds. The molecule has 124 valence electrons. The van der Waals surface area contributed by atoms with Gasteiger partial charge in [-0.1, -0.05) is 71.4 Å². The summed E-state index contributed by atoms with van der Waals surface area (Å²) in [6, 6.07) is 30.4. The molecular weight excluding hydrogens is 332 g/mol. The molecule has 0 atom stereocenters. The third kappa shape index (κ3) is 3.75. The second-order valence-corrected chi connectivity index (χ2v) is 5.50. The lowest BCUT2D eigenvalue weighted by molar-refractivity contribution is -0.508. The molecule has 25 heavy (non-hydrogen) atoms. The molecule has 0 radical (unpaired) electrons. The van der Waals surface area contributed by atoms with Gasteiger partial charge < -0.3 is 12.4 Å². The molecule has 1 aliphatic rings. The standard InChI is InChI=1S/C20H17N4.ClH/c1-4-10-17(11-5-1)20-21-23(18-12-6-2-7-13-18)16-24(22-20)19-14-8-3-9-15-19;/h1-15H,16H2;1H/q+1;/p-1. The number of benzene rings is 3. The van der Waals surface area contributed by atoms with Crippen molar-refractivity contribution in [2.45, 2.75) is 0 Å². The molecule has 5 heteroatoms. The van der Waals surface area contributed by atoms with Gasteiger partial charge in [0, 0.05) is 22.8 Å². The average Bonchev–Trinajstić information content (AvgIpc) is 2.70. The Morgan fingerprint density at radius 2 is 1.28 bits per heavy atom. The largest absolute Gasteiger partial charge is 1.00 e. The van der Waals surface area contributed by atoms with Crippen LogP contribution in [-0.4, -0.2) is 17.2 Å². The van der Waals surface area contributed by atoms with Crippen LogP contribution in [0.15, 0.2) is 101 Å². The van der Waals surface area contributed by atoms with E-state index in [0.717, 1.165) is 16.9 Å². The highest BCUT2D eigenvalue weighted by Crippen LogP contribution is 2.22. The number of azo groups is 2. The molecule has 0 N–H and O–H groups in total. The van der Waals surface area contributed by atoms with Crippen molar-refractivity contribution in [1.82, 2.24) is 0 Å². The van der Waals surface area contributed by atoms with E-state index in [1.165, 1.54) is 0 Å². The van der Waals surface area contributed by atoms with Crippen LogP contribution in [0.2, 0.25) is 0 Å². The molecule has 1 aliphatic heterocycles. The Balaban J connectivity index is 0.00000182. The van der Waals surface area contributed by atoms with E-state index < -0.39 is 0 Å². The second-order valence-electron chi connectivity index (χ2n) is 5.50. The van der Waals surface area contributed by atoms with Crippen molar-refractivity contribution in [3.05, 3.63) is 96.6 Å². The van der Waals surface area contributed by atoms with Crippen molar-refractivity contribution in [3.8, 4) is 0 Å². The fraction of sp³-hybridized carbons (Fsp3) is 0.0500. The maximum Gasteiger partial charge on any atom is 0.269 e. The quantitative estimate of drug-likeness (QED) is 0.662. The van der Waals surface area contributed by atoms with Crippen LogP contribution in [0.4, 0.5) is 11.4 Å². The number of hydrogen-bond donors (Lipinski definition) is 0. The Bertz CT molecular complexity index is 877. The molecule has 4 nitrogen and oxygen atoms in total. The summed E-state index contributed by atoms with van der Waals surface area (Å²) < 4.78 is 1.97. The van der Waals surface area contributed by atoms with Gasteiger partial charge in [-0.15, -0.1) is 5.10 Å². The first-order valence-corrected chi connectivity index (χ1v) is 7.91. The van der Waals surface area contributed by atoms with Crippen LogP contribution in [0.25, 0.3) is 0 Å². The van der Waals surface area contributed by atoms with E-state index in [2.05, 4.69) is 24.3 Å². The Labute approximate surface area is 153 Å². The van der Waals surface area contributed by atoms with E-state index in [4.69, 9.17) is 10.2 Å². The number of anilines is 1.